The van der Waals surface area contributed by atoms with Gasteiger partial charge in [-0.1, -0.05) is 194 Å². The number of hydrogen-bond donors (Lipinski definition) is 0. The van der Waals surface area contributed by atoms with Gasteiger partial charge in [0.2, 0.25) is 0 Å². The lowest BCUT2D eigenvalue weighted by atomic mass is 9.88. The summed E-state index contributed by atoms with van der Waals surface area (Å²) in [6.07, 6.45) is 0. The van der Waals surface area contributed by atoms with Gasteiger partial charge >= 0.3 is 0 Å². The van der Waals surface area contributed by atoms with Crippen molar-refractivity contribution in [2.75, 3.05) is 4.90 Å². The van der Waals surface area contributed by atoms with E-state index in [0.717, 1.165) is 17.1 Å². The van der Waals surface area contributed by atoms with Crippen molar-refractivity contribution in [1.82, 2.24) is 0 Å². The van der Waals surface area contributed by atoms with E-state index in [0.29, 0.717) is 0 Å². The van der Waals surface area contributed by atoms with Gasteiger partial charge < -0.3 is 4.90 Å². The summed E-state index contributed by atoms with van der Waals surface area (Å²) < 4.78 is 0. The molecule has 0 heterocycles. The summed E-state index contributed by atoms with van der Waals surface area (Å²) in [5, 5.41) is 4.98. The number of hydrogen-bond acceptors (Lipinski definition) is 1. The molecule has 0 aliphatic carbocycles. The van der Waals surface area contributed by atoms with Crippen LogP contribution in [0, 0.1) is 0 Å². The highest BCUT2D eigenvalue weighted by Crippen LogP contribution is 2.45. The second-order valence-electron chi connectivity index (χ2n) is 14.5. The fraction of sp³-hybridized carbons (Fsp3) is 0. The van der Waals surface area contributed by atoms with Crippen LogP contribution in [-0.4, -0.2) is 0 Å². The molecule has 1 nitrogen and oxygen atoms in total. The van der Waals surface area contributed by atoms with Gasteiger partial charge in [0.1, 0.15) is 0 Å². The maximum absolute atomic E-state index is 2.40. The quantitative estimate of drug-likeness (QED) is 0.141. The van der Waals surface area contributed by atoms with Crippen molar-refractivity contribution in [2.24, 2.45) is 0 Å². The molecule has 0 bridgehead atoms. The monoisotopic (exact) mass is 725 g/mol. The lowest BCUT2D eigenvalue weighted by molar-refractivity contribution is 1.28. The highest BCUT2D eigenvalue weighted by molar-refractivity contribution is 6.15. The molecule has 1 heteroatoms. The van der Waals surface area contributed by atoms with Gasteiger partial charge in [0.05, 0.1) is 0 Å². The summed E-state index contributed by atoms with van der Waals surface area (Å²) in [7, 11) is 0. The molecule has 0 amide bonds. The number of benzene rings is 10. The second-order valence-corrected chi connectivity index (χ2v) is 14.5. The highest BCUT2D eigenvalue weighted by Gasteiger charge is 2.19. The van der Waals surface area contributed by atoms with Crippen LogP contribution in [0.1, 0.15) is 0 Å². The Morgan fingerprint density at radius 3 is 1.32 bits per heavy atom. The van der Waals surface area contributed by atoms with Crippen LogP contribution < -0.4 is 4.90 Å². The summed E-state index contributed by atoms with van der Waals surface area (Å²) >= 11 is 0. The summed E-state index contributed by atoms with van der Waals surface area (Å²) in [6.45, 7) is 0. The third-order valence-electron chi connectivity index (χ3n) is 11.1. The molecule has 0 unspecified atom stereocenters. The topological polar surface area (TPSA) is 3.24 Å². The molecule has 0 fully saturated rings. The van der Waals surface area contributed by atoms with Crippen molar-refractivity contribution in [3.63, 3.8) is 0 Å². The Balaban J connectivity index is 1.19. The number of nitrogens with zero attached hydrogens (tertiary/aromatic N) is 1. The summed E-state index contributed by atoms with van der Waals surface area (Å²) in [5.74, 6) is 0. The Morgan fingerprint density at radius 1 is 0.211 bits per heavy atom. The molecule has 0 saturated carbocycles. The molecular weight excluding hydrogens is 687 g/mol. The Kier molecular flexibility index (Phi) is 8.95. The molecule has 268 valence electrons. The van der Waals surface area contributed by atoms with E-state index in [4.69, 9.17) is 0 Å². The molecule has 10 aromatic rings. The number of rotatable bonds is 8. The standard InChI is InChI=1S/C56H39N/c1-4-15-40(16-5-1)43-27-29-45(30-28-43)52-36-35-50(39-56(52)55-38-47-21-10-11-24-51(47)53-25-12-13-26-54(53)55)57(48-33-31-44(32-34-48)41-17-6-2-7-18-41)49-23-14-22-46(37-49)42-19-8-3-9-20-42/h1-39H. The largest absolute Gasteiger partial charge is 0.310 e. The summed E-state index contributed by atoms with van der Waals surface area (Å²) in [6, 6.07) is 85.7. The second kappa shape index (κ2) is 15.0. The van der Waals surface area contributed by atoms with Crippen molar-refractivity contribution in [2.45, 2.75) is 0 Å². The molecule has 57 heavy (non-hydrogen) atoms. The van der Waals surface area contributed by atoms with Crippen LogP contribution in [0.2, 0.25) is 0 Å². The minimum atomic E-state index is 1.09. The maximum Gasteiger partial charge on any atom is 0.0468 e. The van der Waals surface area contributed by atoms with Gasteiger partial charge in [-0.2, -0.15) is 0 Å². The fourth-order valence-electron chi connectivity index (χ4n) is 8.23. The zero-order chi connectivity index (χ0) is 38.0. The number of fused-ring (bicyclic) bond motifs is 3. The molecular formula is C56H39N. The van der Waals surface area contributed by atoms with Crippen molar-refractivity contribution in [3.8, 4) is 55.6 Å². The zero-order valence-electron chi connectivity index (χ0n) is 31.5. The van der Waals surface area contributed by atoms with E-state index < -0.39 is 0 Å². The van der Waals surface area contributed by atoms with E-state index in [-0.39, 0.29) is 0 Å². The molecule has 0 saturated heterocycles. The first kappa shape index (κ1) is 34.0. The zero-order valence-corrected chi connectivity index (χ0v) is 31.5. The van der Waals surface area contributed by atoms with Gasteiger partial charge in [-0.3, -0.25) is 0 Å². The maximum atomic E-state index is 2.40. The molecule has 0 aliphatic rings. The highest BCUT2D eigenvalue weighted by atomic mass is 15.1. The normalized spacial score (nSPS) is 11.2. The Hall–Kier alpha value is -7.48. The molecule has 0 N–H and O–H groups in total. The average molecular weight is 726 g/mol. The van der Waals surface area contributed by atoms with Crippen LogP contribution in [0.25, 0.3) is 77.2 Å². The van der Waals surface area contributed by atoms with Gasteiger partial charge in [0, 0.05) is 17.1 Å². The number of anilines is 3. The van der Waals surface area contributed by atoms with E-state index in [1.807, 2.05) is 0 Å². The predicted molar refractivity (Wildman–Crippen MR) is 243 cm³/mol. The third kappa shape index (κ3) is 6.66. The van der Waals surface area contributed by atoms with E-state index in [1.54, 1.807) is 0 Å². The average Bonchev–Trinajstić information content (AvgIpc) is 3.30. The van der Waals surface area contributed by atoms with E-state index in [9.17, 15) is 0 Å². The van der Waals surface area contributed by atoms with Crippen LogP contribution in [0.15, 0.2) is 237 Å². The molecule has 10 rings (SSSR count). The predicted octanol–water partition coefficient (Wildman–Crippen LogP) is 15.8. The van der Waals surface area contributed by atoms with Crippen LogP contribution in [0.4, 0.5) is 17.1 Å². The van der Waals surface area contributed by atoms with E-state index in [1.165, 1.54) is 77.2 Å². The van der Waals surface area contributed by atoms with Crippen molar-refractivity contribution in [3.05, 3.63) is 237 Å². The van der Waals surface area contributed by atoms with Crippen LogP contribution in [0.3, 0.4) is 0 Å². The van der Waals surface area contributed by atoms with Gasteiger partial charge in [0.15, 0.2) is 0 Å². The van der Waals surface area contributed by atoms with Crippen LogP contribution >= 0.6 is 0 Å². The van der Waals surface area contributed by atoms with E-state index in [2.05, 4.69) is 241 Å². The first-order valence-electron chi connectivity index (χ1n) is 19.6. The van der Waals surface area contributed by atoms with Gasteiger partial charge in [0.25, 0.3) is 0 Å². The summed E-state index contributed by atoms with van der Waals surface area (Å²) in [5.41, 5.74) is 15.2. The Labute approximate surface area is 334 Å². The van der Waals surface area contributed by atoms with Crippen LogP contribution in [0.5, 0.6) is 0 Å². The molecule has 10 aromatic carbocycles. The van der Waals surface area contributed by atoms with E-state index >= 15 is 0 Å². The Morgan fingerprint density at radius 2 is 0.667 bits per heavy atom. The fourth-order valence-corrected chi connectivity index (χ4v) is 8.23. The lowest BCUT2D eigenvalue weighted by Crippen LogP contribution is -2.10. The minimum absolute atomic E-state index is 1.09. The summed E-state index contributed by atoms with van der Waals surface area (Å²) in [4.78, 5) is 2.40. The molecule has 0 spiro atoms. The lowest BCUT2D eigenvalue weighted by Gasteiger charge is -2.28. The van der Waals surface area contributed by atoms with Crippen molar-refractivity contribution >= 4 is 38.6 Å². The molecule has 0 aliphatic heterocycles. The third-order valence-corrected chi connectivity index (χ3v) is 11.1. The Bertz CT molecular complexity index is 2970. The van der Waals surface area contributed by atoms with Gasteiger partial charge in [-0.25, -0.2) is 0 Å². The smallest absolute Gasteiger partial charge is 0.0468 e. The SMILES string of the molecule is c1ccc(-c2ccc(-c3ccc(N(c4ccc(-c5ccccc5)cc4)c4cccc(-c5ccccc5)c4)cc3-c3cc4ccccc4c4ccccc34)cc2)cc1. The minimum Gasteiger partial charge on any atom is -0.310 e. The first-order chi connectivity index (χ1) is 28.3. The van der Waals surface area contributed by atoms with Gasteiger partial charge in [-0.15, -0.1) is 0 Å². The van der Waals surface area contributed by atoms with Crippen molar-refractivity contribution in [1.29, 1.82) is 0 Å². The van der Waals surface area contributed by atoms with Gasteiger partial charge in [-0.05, 0) is 120 Å². The first-order valence-corrected chi connectivity index (χ1v) is 19.6. The molecule has 0 radical (unpaired) electrons. The van der Waals surface area contributed by atoms with Crippen molar-refractivity contribution < 1.29 is 0 Å². The molecule has 0 atom stereocenters. The van der Waals surface area contributed by atoms with Crippen LogP contribution in [-0.2, 0) is 0 Å². The molecule has 0 aromatic heterocycles.